The van der Waals surface area contributed by atoms with E-state index in [1.165, 1.54) is 6.42 Å². The van der Waals surface area contributed by atoms with Crippen molar-refractivity contribution in [2.75, 3.05) is 33.7 Å². The number of hydrogen-bond donors (Lipinski definition) is 0. The number of fused-ring (bicyclic) bond motifs is 2. The maximum Gasteiger partial charge on any atom is 0.0861 e. The SMILES string of the molecule is CCC1C2CN(C)CC(CN1C)O2. The topological polar surface area (TPSA) is 15.7 Å². The number of likely N-dealkylation sites (N-methyl/N-ethyl adjacent to an activating group) is 2. The molecule has 2 rings (SSSR count). The lowest BCUT2D eigenvalue weighted by Gasteiger charge is -2.48. The first kappa shape index (κ1) is 9.44. The summed E-state index contributed by atoms with van der Waals surface area (Å²) in [7, 11) is 4.42. The van der Waals surface area contributed by atoms with Crippen molar-refractivity contribution in [3.05, 3.63) is 0 Å². The van der Waals surface area contributed by atoms with Gasteiger partial charge in [0.25, 0.3) is 0 Å². The molecule has 76 valence electrons. The van der Waals surface area contributed by atoms with Gasteiger partial charge in [0.1, 0.15) is 0 Å². The van der Waals surface area contributed by atoms with Gasteiger partial charge >= 0.3 is 0 Å². The largest absolute Gasteiger partial charge is 0.369 e. The molecule has 3 atom stereocenters. The highest BCUT2D eigenvalue weighted by atomic mass is 16.5. The molecule has 2 aliphatic heterocycles. The van der Waals surface area contributed by atoms with E-state index in [1.54, 1.807) is 0 Å². The molecule has 0 aromatic carbocycles. The molecule has 0 saturated carbocycles. The highest BCUT2D eigenvalue weighted by molar-refractivity contribution is 4.91. The van der Waals surface area contributed by atoms with Crippen molar-refractivity contribution < 1.29 is 4.74 Å². The van der Waals surface area contributed by atoms with Crippen molar-refractivity contribution in [2.24, 2.45) is 0 Å². The first-order valence-electron chi connectivity index (χ1n) is 5.25. The fraction of sp³-hybridized carbons (Fsp3) is 1.00. The second kappa shape index (κ2) is 3.56. The summed E-state index contributed by atoms with van der Waals surface area (Å²) in [4.78, 5) is 4.86. The summed E-state index contributed by atoms with van der Waals surface area (Å²) in [5.41, 5.74) is 0. The van der Waals surface area contributed by atoms with Crippen LogP contribution < -0.4 is 0 Å². The zero-order valence-electron chi connectivity index (χ0n) is 8.86. The van der Waals surface area contributed by atoms with Crippen molar-refractivity contribution >= 4 is 0 Å². The van der Waals surface area contributed by atoms with Crippen LogP contribution in [0.2, 0.25) is 0 Å². The minimum absolute atomic E-state index is 0.437. The van der Waals surface area contributed by atoms with Gasteiger partial charge in [-0.25, -0.2) is 0 Å². The molecule has 2 bridgehead atoms. The van der Waals surface area contributed by atoms with Crippen LogP contribution in [0.15, 0.2) is 0 Å². The summed E-state index contributed by atoms with van der Waals surface area (Å²) >= 11 is 0. The minimum Gasteiger partial charge on any atom is -0.369 e. The number of rotatable bonds is 1. The van der Waals surface area contributed by atoms with Gasteiger partial charge < -0.3 is 9.64 Å². The molecule has 2 aliphatic rings. The Kier molecular flexibility index (Phi) is 2.58. The zero-order chi connectivity index (χ0) is 9.42. The molecule has 2 heterocycles. The van der Waals surface area contributed by atoms with E-state index in [4.69, 9.17) is 4.74 Å². The summed E-state index contributed by atoms with van der Waals surface area (Å²) in [5.74, 6) is 0. The molecule has 0 radical (unpaired) electrons. The van der Waals surface area contributed by atoms with Gasteiger partial charge in [-0.15, -0.1) is 0 Å². The lowest BCUT2D eigenvalue weighted by atomic mass is 10.00. The Hall–Kier alpha value is -0.120. The molecule has 2 fully saturated rings. The third-order valence-electron chi connectivity index (χ3n) is 3.28. The monoisotopic (exact) mass is 184 g/mol. The first-order valence-corrected chi connectivity index (χ1v) is 5.25. The van der Waals surface area contributed by atoms with Gasteiger partial charge in [-0.05, 0) is 20.5 Å². The van der Waals surface area contributed by atoms with Crippen molar-refractivity contribution in [3.8, 4) is 0 Å². The highest BCUT2D eigenvalue weighted by Gasteiger charge is 2.38. The van der Waals surface area contributed by atoms with Gasteiger partial charge in [-0.3, -0.25) is 4.90 Å². The second-order valence-corrected chi connectivity index (χ2v) is 4.43. The molecule has 0 N–H and O–H groups in total. The molecule has 3 nitrogen and oxygen atoms in total. The minimum atomic E-state index is 0.437. The smallest absolute Gasteiger partial charge is 0.0861 e. The van der Waals surface area contributed by atoms with E-state index in [0.29, 0.717) is 18.2 Å². The molecular weight excluding hydrogens is 164 g/mol. The van der Waals surface area contributed by atoms with Crippen LogP contribution in [0.1, 0.15) is 13.3 Å². The van der Waals surface area contributed by atoms with Crippen LogP contribution in [-0.2, 0) is 4.74 Å². The summed E-state index contributed by atoms with van der Waals surface area (Å²) in [6, 6.07) is 0.624. The van der Waals surface area contributed by atoms with Gasteiger partial charge in [0.2, 0.25) is 0 Å². The Bertz CT molecular complexity index is 182. The summed E-state index contributed by atoms with van der Waals surface area (Å²) in [5, 5.41) is 0. The van der Waals surface area contributed by atoms with Crippen molar-refractivity contribution in [3.63, 3.8) is 0 Å². The Morgan fingerprint density at radius 3 is 2.69 bits per heavy atom. The third kappa shape index (κ3) is 1.73. The van der Waals surface area contributed by atoms with Gasteiger partial charge in [-0.2, -0.15) is 0 Å². The standard InChI is InChI=1S/C10H20N2O/c1-4-9-10-7-11(2)5-8(13-10)6-12(9)3/h8-10H,4-7H2,1-3H3. The van der Waals surface area contributed by atoms with E-state index in [2.05, 4.69) is 30.8 Å². The lowest BCUT2D eigenvalue weighted by molar-refractivity contribution is -0.156. The summed E-state index contributed by atoms with van der Waals surface area (Å²) in [6.07, 6.45) is 2.07. The Morgan fingerprint density at radius 2 is 2.00 bits per heavy atom. The second-order valence-electron chi connectivity index (χ2n) is 4.43. The molecule has 3 unspecified atom stereocenters. The van der Waals surface area contributed by atoms with Crippen LogP contribution in [0.25, 0.3) is 0 Å². The molecule has 0 aromatic heterocycles. The van der Waals surface area contributed by atoms with Crippen molar-refractivity contribution in [1.82, 2.24) is 9.80 Å². The first-order chi connectivity index (χ1) is 6.20. The van der Waals surface area contributed by atoms with E-state index in [1.807, 2.05) is 0 Å². The maximum atomic E-state index is 5.98. The highest BCUT2D eigenvalue weighted by Crippen LogP contribution is 2.23. The molecule has 0 spiro atoms. The quantitative estimate of drug-likeness (QED) is 0.587. The molecule has 0 aromatic rings. The molecule has 13 heavy (non-hydrogen) atoms. The predicted molar refractivity (Wildman–Crippen MR) is 52.9 cm³/mol. The maximum absolute atomic E-state index is 5.98. The van der Waals surface area contributed by atoms with Crippen LogP contribution in [0.4, 0.5) is 0 Å². The number of nitrogens with zero attached hydrogens (tertiary/aromatic N) is 2. The van der Waals surface area contributed by atoms with Gasteiger partial charge in [0.05, 0.1) is 12.2 Å². The van der Waals surface area contributed by atoms with E-state index >= 15 is 0 Å². The van der Waals surface area contributed by atoms with Crippen molar-refractivity contribution in [2.45, 2.75) is 31.6 Å². The molecular formula is C10H20N2O. The zero-order valence-corrected chi connectivity index (χ0v) is 8.86. The average Bonchev–Trinajstić information content (AvgIpc) is 2.02. The third-order valence-corrected chi connectivity index (χ3v) is 3.28. The molecule has 0 aliphatic carbocycles. The van der Waals surface area contributed by atoms with Gasteiger partial charge in [0.15, 0.2) is 0 Å². The summed E-state index contributed by atoms with van der Waals surface area (Å²) < 4.78 is 5.98. The Balaban J connectivity index is 2.07. The number of ether oxygens (including phenoxy) is 1. The predicted octanol–water partition coefficient (Wildman–Crippen LogP) is 0.410. The van der Waals surface area contributed by atoms with Crippen LogP contribution in [0.5, 0.6) is 0 Å². The Labute approximate surface area is 80.6 Å². The normalized spacial score (nSPS) is 42.2. The van der Waals surface area contributed by atoms with E-state index in [0.717, 1.165) is 19.6 Å². The number of morpholine rings is 2. The number of hydrogen-bond acceptors (Lipinski definition) is 3. The lowest BCUT2D eigenvalue weighted by Crippen LogP contribution is -2.62. The van der Waals surface area contributed by atoms with Crippen LogP contribution in [0.3, 0.4) is 0 Å². The van der Waals surface area contributed by atoms with Crippen molar-refractivity contribution in [1.29, 1.82) is 0 Å². The van der Waals surface area contributed by atoms with Crippen LogP contribution in [0, 0.1) is 0 Å². The molecule has 2 saturated heterocycles. The molecule has 3 heteroatoms. The Morgan fingerprint density at radius 1 is 1.23 bits per heavy atom. The summed E-state index contributed by atoms with van der Waals surface area (Å²) in [6.45, 7) is 5.54. The van der Waals surface area contributed by atoms with E-state index in [-0.39, 0.29) is 0 Å². The van der Waals surface area contributed by atoms with Gasteiger partial charge in [0, 0.05) is 25.7 Å². The fourth-order valence-corrected chi connectivity index (χ4v) is 2.69. The molecule has 0 amide bonds. The van der Waals surface area contributed by atoms with Crippen LogP contribution in [-0.4, -0.2) is 61.8 Å². The van der Waals surface area contributed by atoms with E-state index < -0.39 is 0 Å². The fourth-order valence-electron chi connectivity index (χ4n) is 2.69. The van der Waals surface area contributed by atoms with E-state index in [9.17, 15) is 0 Å². The van der Waals surface area contributed by atoms with Gasteiger partial charge in [-0.1, -0.05) is 6.92 Å². The average molecular weight is 184 g/mol. The van der Waals surface area contributed by atoms with Crippen LogP contribution >= 0.6 is 0 Å².